The van der Waals surface area contributed by atoms with Crippen LogP contribution in [0.5, 0.6) is 6.01 Å². The molecule has 0 saturated carbocycles. The van der Waals surface area contributed by atoms with E-state index in [1.54, 1.807) is 6.20 Å². The zero-order valence-corrected chi connectivity index (χ0v) is 30.2. The second kappa shape index (κ2) is 15.6. The van der Waals surface area contributed by atoms with Crippen molar-refractivity contribution in [2.45, 2.75) is 75.7 Å². The van der Waals surface area contributed by atoms with Gasteiger partial charge in [0.25, 0.3) is 11.6 Å². The van der Waals surface area contributed by atoms with Crippen molar-refractivity contribution in [2.24, 2.45) is 5.92 Å². The molecule has 0 radical (unpaired) electrons. The second-order valence-electron chi connectivity index (χ2n) is 14.8. The number of aromatic amines is 1. The molecule has 4 saturated heterocycles. The van der Waals surface area contributed by atoms with Crippen LogP contribution in [0.15, 0.2) is 23.3 Å². The van der Waals surface area contributed by atoms with Gasteiger partial charge in [0.2, 0.25) is 0 Å². The van der Waals surface area contributed by atoms with E-state index < -0.39 is 23.1 Å². The van der Waals surface area contributed by atoms with Crippen LogP contribution in [-0.4, -0.2) is 107 Å². The fraction of sp³-hybridized carbons (Fsp3) is 0.622. The summed E-state index contributed by atoms with van der Waals surface area (Å²) in [6.45, 7) is 7.05. The molecule has 0 bridgehead atoms. The van der Waals surface area contributed by atoms with E-state index in [-0.39, 0.29) is 35.4 Å². The normalized spacial score (nSPS) is 24.5. The molecule has 3 aromatic heterocycles. The molecule has 15 heteroatoms. The van der Waals surface area contributed by atoms with Gasteiger partial charge in [-0.3, -0.25) is 19.7 Å². The van der Waals surface area contributed by atoms with Crippen LogP contribution < -0.4 is 20.9 Å². The average molecular weight is 741 g/mol. The first kappa shape index (κ1) is 35.7. The molecule has 4 aromatic rings. The molecule has 1 unspecified atom stereocenters. The summed E-state index contributed by atoms with van der Waals surface area (Å²) in [4.78, 5) is 26.9. The lowest BCUT2D eigenvalue weighted by Gasteiger charge is -2.30. The van der Waals surface area contributed by atoms with Crippen molar-refractivity contribution in [3.05, 3.63) is 45.2 Å². The van der Waals surface area contributed by atoms with Crippen molar-refractivity contribution >= 4 is 33.4 Å². The average Bonchev–Trinajstić information content (AvgIpc) is 3.75. The third-order valence-electron chi connectivity index (χ3n) is 11.2. The van der Waals surface area contributed by atoms with Gasteiger partial charge >= 0.3 is 0 Å². The van der Waals surface area contributed by atoms with E-state index in [4.69, 9.17) is 30.9 Å². The number of ether oxygens (including phenoxy) is 3. The highest BCUT2D eigenvalue weighted by Gasteiger charge is 2.49. The summed E-state index contributed by atoms with van der Waals surface area (Å²) in [6.07, 6.45) is 8.90. The van der Waals surface area contributed by atoms with Gasteiger partial charge in [0, 0.05) is 80.4 Å². The number of benzene rings is 1. The van der Waals surface area contributed by atoms with Crippen molar-refractivity contribution in [1.82, 2.24) is 40.3 Å². The van der Waals surface area contributed by atoms with E-state index in [0.717, 1.165) is 88.7 Å². The Morgan fingerprint density at radius 2 is 1.98 bits per heavy atom. The van der Waals surface area contributed by atoms with Gasteiger partial charge in [-0.05, 0) is 69.5 Å². The quantitative estimate of drug-likeness (QED) is 0.172. The highest BCUT2D eigenvalue weighted by Crippen LogP contribution is 2.42. The maximum Gasteiger partial charge on any atom is 0.297 e. The summed E-state index contributed by atoms with van der Waals surface area (Å²) in [5.74, 6) is -0.328. The molecular weight excluding hydrogens is 694 g/mol. The smallest absolute Gasteiger partial charge is 0.297 e. The lowest BCUT2D eigenvalue weighted by Crippen LogP contribution is -2.43. The minimum absolute atomic E-state index is 0.00119. The van der Waals surface area contributed by atoms with Crippen LogP contribution in [0.4, 0.5) is 8.78 Å². The summed E-state index contributed by atoms with van der Waals surface area (Å²) in [7, 11) is 0. The molecule has 1 aromatic carbocycles. The van der Waals surface area contributed by atoms with Crippen molar-refractivity contribution in [1.29, 1.82) is 0 Å². The second-order valence-corrected chi connectivity index (χ2v) is 15.2. The minimum Gasteiger partial charge on any atom is -0.463 e. The zero-order valence-electron chi connectivity index (χ0n) is 29.4. The van der Waals surface area contributed by atoms with Gasteiger partial charge in [-0.15, -0.1) is 0 Å². The Kier molecular flexibility index (Phi) is 10.7. The molecule has 0 spiro atoms. The lowest BCUT2D eigenvalue weighted by molar-refractivity contribution is -0.0366. The number of pyridine rings is 1. The Bertz CT molecular complexity index is 1950. The Hall–Kier alpha value is -3.27. The zero-order chi connectivity index (χ0) is 35.7. The predicted octanol–water partition coefficient (Wildman–Crippen LogP) is 4.93. The Morgan fingerprint density at radius 3 is 2.81 bits per heavy atom. The number of halogens is 3. The van der Waals surface area contributed by atoms with E-state index in [2.05, 4.69) is 30.5 Å². The van der Waals surface area contributed by atoms with E-state index in [1.807, 2.05) is 10.7 Å². The first-order valence-electron chi connectivity index (χ1n) is 18.8. The number of rotatable bonds is 12. The maximum atomic E-state index is 16.9. The molecule has 0 amide bonds. The van der Waals surface area contributed by atoms with Gasteiger partial charge in [-0.1, -0.05) is 11.6 Å². The first-order chi connectivity index (χ1) is 25.4. The number of nitrogens with zero attached hydrogens (tertiary/aromatic N) is 5. The van der Waals surface area contributed by atoms with Crippen LogP contribution in [0, 0.1) is 11.7 Å². The number of aromatic nitrogens is 5. The maximum absolute atomic E-state index is 16.9. The number of hydrogen-bond donors (Lipinski definition) is 3. The molecule has 12 nitrogen and oxygen atoms in total. The molecular formula is C37H47ClF2N8O4. The van der Waals surface area contributed by atoms with E-state index in [0.29, 0.717) is 61.1 Å². The van der Waals surface area contributed by atoms with Gasteiger partial charge in [0.1, 0.15) is 24.0 Å². The molecule has 3 N–H and O–H groups in total. The summed E-state index contributed by atoms with van der Waals surface area (Å²) < 4.78 is 51.2. The van der Waals surface area contributed by atoms with Crippen molar-refractivity contribution in [3.8, 4) is 17.3 Å². The van der Waals surface area contributed by atoms with Crippen LogP contribution >= 0.6 is 11.6 Å². The fourth-order valence-electron chi connectivity index (χ4n) is 8.53. The molecule has 0 aliphatic carbocycles. The molecule has 3 atom stereocenters. The molecule has 4 aliphatic heterocycles. The number of hydrogen-bond acceptors (Lipinski definition) is 10. The Morgan fingerprint density at radius 1 is 1.12 bits per heavy atom. The first-order valence-corrected chi connectivity index (χ1v) is 19.2. The topological polar surface area (TPSA) is 131 Å². The SMILES string of the molecule is O=c1[nH]c(OC[C@@]23CCCN2C[C@H](F)C3)nc2c(F)c(-c3c(CCCCOCC4CNCCNC4)c(Cl)cc4c3cnn4C3CCCCO3)ncc12. The van der Waals surface area contributed by atoms with Crippen molar-refractivity contribution in [2.75, 3.05) is 65.7 Å². The molecule has 7 heterocycles. The summed E-state index contributed by atoms with van der Waals surface area (Å²) in [6, 6.07) is 1.78. The van der Waals surface area contributed by atoms with Gasteiger partial charge in [-0.2, -0.15) is 10.1 Å². The molecule has 280 valence electrons. The van der Waals surface area contributed by atoms with Gasteiger partial charge in [-0.25, -0.2) is 13.5 Å². The molecule has 4 fully saturated rings. The Balaban J connectivity index is 1.10. The van der Waals surface area contributed by atoms with Gasteiger partial charge < -0.3 is 24.8 Å². The number of unbranched alkanes of at least 4 members (excludes halogenated alkanes) is 1. The van der Waals surface area contributed by atoms with Crippen LogP contribution in [0.1, 0.15) is 63.2 Å². The number of nitrogens with one attached hydrogen (secondary N) is 3. The van der Waals surface area contributed by atoms with Crippen LogP contribution in [0.2, 0.25) is 5.02 Å². The Labute approximate surface area is 305 Å². The highest BCUT2D eigenvalue weighted by molar-refractivity contribution is 6.33. The fourth-order valence-corrected chi connectivity index (χ4v) is 8.83. The van der Waals surface area contributed by atoms with E-state index in [1.165, 1.54) is 6.20 Å². The molecule has 4 aliphatic rings. The van der Waals surface area contributed by atoms with Crippen LogP contribution in [0.3, 0.4) is 0 Å². The number of fused-ring (bicyclic) bond motifs is 3. The van der Waals surface area contributed by atoms with Crippen molar-refractivity contribution in [3.63, 3.8) is 0 Å². The minimum atomic E-state index is -0.926. The number of H-pyrrole nitrogens is 1. The standard InChI is InChI=1S/C37H47ClF2N8O4/c38-28-14-29-26(19-44-48(29)30-7-2-4-13-51-30)31(25(28)6-1-3-12-50-21-23-16-41-9-10-42-17-23)34-32(40)33-27(18-43-34)35(49)46-36(45-33)52-22-37-8-5-11-47(37)20-24(39)15-37/h14,18-19,23-24,30,41-42H,1-13,15-17,20-22H2,(H,45,46,49)/t24-,30?,37+/m1/s1. The van der Waals surface area contributed by atoms with Crippen LogP contribution in [0.25, 0.3) is 33.1 Å². The monoisotopic (exact) mass is 740 g/mol. The van der Waals surface area contributed by atoms with E-state index >= 15 is 4.39 Å². The summed E-state index contributed by atoms with van der Waals surface area (Å²) in [5.41, 5.74) is 0.837. The summed E-state index contributed by atoms with van der Waals surface area (Å²) in [5, 5.41) is 12.7. The molecule has 52 heavy (non-hydrogen) atoms. The van der Waals surface area contributed by atoms with Crippen molar-refractivity contribution < 1.29 is 23.0 Å². The molecule has 8 rings (SSSR count). The number of alkyl halides is 1. The third-order valence-corrected chi connectivity index (χ3v) is 11.5. The predicted molar refractivity (Wildman–Crippen MR) is 194 cm³/mol. The largest absolute Gasteiger partial charge is 0.463 e. The summed E-state index contributed by atoms with van der Waals surface area (Å²) >= 11 is 7.06. The third kappa shape index (κ3) is 7.17. The van der Waals surface area contributed by atoms with E-state index in [9.17, 15) is 9.18 Å². The lowest BCUT2D eigenvalue weighted by atomic mass is 9.95. The van der Waals surface area contributed by atoms with Gasteiger partial charge in [0.15, 0.2) is 12.0 Å². The highest BCUT2D eigenvalue weighted by atomic mass is 35.5. The van der Waals surface area contributed by atoms with Gasteiger partial charge in [0.05, 0.1) is 29.2 Å². The van der Waals surface area contributed by atoms with Crippen LogP contribution in [-0.2, 0) is 15.9 Å².